The van der Waals surface area contributed by atoms with E-state index < -0.39 is 29.0 Å². The van der Waals surface area contributed by atoms with Crippen LogP contribution in [0.3, 0.4) is 0 Å². The van der Waals surface area contributed by atoms with Crippen molar-refractivity contribution in [2.45, 2.75) is 20.3 Å². The van der Waals surface area contributed by atoms with Gasteiger partial charge in [0.25, 0.3) is 0 Å². The molecule has 0 aliphatic rings. The first-order valence-corrected chi connectivity index (χ1v) is 6.99. The number of benzene rings is 1. The molecule has 7 heteroatoms. The fourth-order valence-electron chi connectivity index (χ4n) is 1.90. The zero-order chi connectivity index (χ0) is 15.7. The van der Waals surface area contributed by atoms with E-state index in [9.17, 15) is 18.0 Å². The molecule has 0 amide bonds. The second kappa shape index (κ2) is 5.85. The molecule has 1 N–H and O–H groups in total. The second-order valence-corrected chi connectivity index (χ2v) is 5.94. The lowest BCUT2D eigenvalue weighted by Gasteiger charge is -2.02. The third kappa shape index (κ3) is 3.24. The first kappa shape index (κ1) is 15.5. The number of aromatic carboxylic acids is 1. The quantitative estimate of drug-likeness (QED) is 0.923. The summed E-state index contributed by atoms with van der Waals surface area (Å²) in [6.45, 7) is 3.76. The fourth-order valence-corrected chi connectivity index (χ4v) is 2.88. The van der Waals surface area contributed by atoms with Crippen LogP contribution in [-0.4, -0.2) is 16.1 Å². The van der Waals surface area contributed by atoms with Gasteiger partial charge in [-0.15, -0.1) is 11.3 Å². The van der Waals surface area contributed by atoms with Gasteiger partial charge in [0.2, 0.25) is 0 Å². The van der Waals surface area contributed by atoms with E-state index >= 15 is 0 Å². The Bertz CT molecular complexity index is 675. The SMILES string of the molecule is CC(C)Cc1nc(-c2c(F)cc(F)cc2F)sc1C(=O)O. The van der Waals surface area contributed by atoms with Gasteiger partial charge >= 0.3 is 5.97 Å². The lowest BCUT2D eigenvalue weighted by molar-refractivity contribution is 0.0700. The average Bonchev–Trinajstić information content (AvgIpc) is 2.70. The Morgan fingerprint density at radius 1 is 1.29 bits per heavy atom. The van der Waals surface area contributed by atoms with Gasteiger partial charge in [-0.1, -0.05) is 13.8 Å². The molecule has 1 aromatic carbocycles. The molecule has 0 saturated carbocycles. The van der Waals surface area contributed by atoms with E-state index in [1.54, 1.807) is 0 Å². The van der Waals surface area contributed by atoms with Gasteiger partial charge < -0.3 is 5.11 Å². The van der Waals surface area contributed by atoms with Crippen LogP contribution in [0.4, 0.5) is 13.2 Å². The molecule has 2 aromatic rings. The molecule has 112 valence electrons. The Hall–Kier alpha value is -1.89. The number of nitrogens with zero attached hydrogens (tertiary/aromatic N) is 1. The summed E-state index contributed by atoms with van der Waals surface area (Å²) in [5.41, 5.74) is -0.223. The van der Waals surface area contributed by atoms with Gasteiger partial charge in [0.1, 0.15) is 27.3 Å². The third-order valence-corrected chi connectivity index (χ3v) is 3.82. The molecule has 1 heterocycles. The Morgan fingerprint density at radius 2 is 1.86 bits per heavy atom. The summed E-state index contributed by atoms with van der Waals surface area (Å²) in [5, 5.41) is 9.05. The first-order chi connectivity index (χ1) is 9.79. The van der Waals surface area contributed by atoms with Gasteiger partial charge in [0.15, 0.2) is 0 Å². The van der Waals surface area contributed by atoms with Crippen molar-refractivity contribution in [1.29, 1.82) is 0 Å². The topological polar surface area (TPSA) is 50.2 Å². The van der Waals surface area contributed by atoms with Crippen LogP contribution in [0.15, 0.2) is 12.1 Å². The predicted molar refractivity (Wildman–Crippen MR) is 72.9 cm³/mol. The zero-order valence-electron chi connectivity index (χ0n) is 11.3. The maximum absolute atomic E-state index is 13.7. The minimum absolute atomic E-state index is 0.0539. The zero-order valence-corrected chi connectivity index (χ0v) is 12.1. The molecule has 0 fully saturated rings. The monoisotopic (exact) mass is 315 g/mol. The van der Waals surface area contributed by atoms with Crippen molar-refractivity contribution in [2.75, 3.05) is 0 Å². The van der Waals surface area contributed by atoms with E-state index in [0.29, 0.717) is 29.9 Å². The van der Waals surface area contributed by atoms with Gasteiger partial charge in [-0.3, -0.25) is 0 Å². The highest BCUT2D eigenvalue weighted by molar-refractivity contribution is 7.17. The number of carbonyl (C=O) groups is 1. The molecule has 0 unspecified atom stereocenters. The van der Waals surface area contributed by atoms with E-state index in [4.69, 9.17) is 5.11 Å². The Labute approximate surface area is 123 Å². The maximum atomic E-state index is 13.7. The van der Waals surface area contributed by atoms with Crippen LogP contribution in [-0.2, 0) is 6.42 Å². The molecule has 0 radical (unpaired) electrons. The van der Waals surface area contributed by atoms with Gasteiger partial charge in [-0.25, -0.2) is 22.9 Å². The first-order valence-electron chi connectivity index (χ1n) is 6.17. The van der Waals surface area contributed by atoms with Crippen LogP contribution in [0.1, 0.15) is 29.2 Å². The number of carboxylic acids is 1. The minimum Gasteiger partial charge on any atom is -0.477 e. The van der Waals surface area contributed by atoms with E-state index in [1.807, 2.05) is 13.8 Å². The van der Waals surface area contributed by atoms with E-state index in [1.165, 1.54) is 0 Å². The van der Waals surface area contributed by atoms with Gasteiger partial charge in [-0.05, 0) is 12.3 Å². The van der Waals surface area contributed by atoms with E-state index in [0.717, 1.165) is 0 Å². The molecule has 0 spiro atoms. The predicted octanol–water partition coefficient (Wildman–Crippen LogP) is 4.12. The van der Waals surface area contributed by atoms with Gasteiger partial charge in [0, 0.05) is 12.1 Å². The van der Waals surface area contributed by atoms with Crippen LogP contribution < -0.4 is 0 Å². The number of rotatable bonds is 4. The van der Waals surface area contributed by atoms with Crippen LogP contribution in [0, 0.1) is 23.4 Å². The molecule has 0 saturated heterocycles. The fraction of sp³-hybridized carbons (Fsp3) is 0.286. The van der Waals surface area contributed by atoms with E-state index in [2.05, 4.69) is 4.98 Å². The van der Waals surface area contributed by atoms with Crippen molar-refractivity contribution in [3.8, 4) is 10.6 Å². The van der Waals surface area contributed by atoms with Crippen molar-refractivity contribution in [3.63, 3.8) is 0 Å². The molecule has 1 aromatic heterocycles. The summed E-state index contributed by atoms with van der Waals surface area (Å²) in [5.74, 6) is -4.30. The van der Waals surface area contributed by atoms with Crippen molar-refractivity contribution < 1.29 is 23.1 Å². The Morgan fingerprint density at radius 3 is 2.33 bits per heavy atom. The highest BCUT2D eigenvalue weighted by atomic mass is 32.1. The molecular formula is C14H12F3NO2S. The summed E-state index contributed by atoms with van der Waals surface area (Å²) in [6.07, 6.45) is 0.378. The normalized spacial score (nSPS) is 11.1. The van der Waals surface area contributed by atoms with Gasteiger partial charge in [-0.2, -0.15) is 0 Å². The highest BCUT2D eigenvalue weighted by Crippen LogP contribution is 2.33. The lowest BCUT2D eigenvalue weighted by Crippen LogP contribution is -2.02. The van der Waals surface area contributed by atoms with E-state index in [-0.39, 0.29) is 21.5 Å². The molecular weight excluding hydrogens is 303 g/mol. The lowest BCUT2D eigenvalue weighted by atomic mass is 10.1. The highest BCUT2D eigenvalue weighted by Gasteiger charge is 2.23. The van der Waals surface area contributed by atoms with Crippen LogP contribution >= 0.6 is 11.3 Å². The minimum atomic E-state index is -1.20. The maximum Gasteiger partial charge on any atom is 0.347 e. The molecule has 21 heavy (non-hydrogen) atoms. The summed E-state index contributed by atoms with van der Waals surface area (Å²) >= 11 is 0.684. The van der Waals surface area contributed by atoms with Crippen molar-refractivity contribution in [1.82, 2.24) is 4.98 Å². The number of hydrogen-bond donors (Lipinski definition) is 1. The van der Waals surface area contributed by atoms with Crippen LogP contribution in [0.5, 0.6) is 0 Å². The number of halogens is 3. The Kier molecular flexibility index (Phi) is 4.32. The van der Waals surface area contributed by atoms with Crippen LogP contribution in [0.25, 0.3) is 10.6 Å². The van der Waals surface area contributed by atoms with Crippen LogP contribution in [0.2, 0.25) is 0 Å². The number of carboxylic acid groups (broad SMARTS) is 1. The third-order valence-electron chi connectivity index (χ3n) is 2.71. The summed E-state index contributed by atoms with van der Waals surface area (Å²) in [6, 6.07) is 1.09. The molecule has 2 rings (SSSR count). The molecule has 0 atom stereocenters. The number of aromatic nitrogens is 1. The molecule has 0 aliphatic heterocycles. The molecule has 0 bridgehead atoms. The molecule has 0 aliphatic carbocycles. The average molecular weight is 315 g/mol. The smallest absolute Gasteiger partial charge is 0.347 e. The molecule has 3 nitrogen and oxygen atoms in total. The van der Waals surface area contributed by atoms with Crippen molar-refractivity contribution in [2.24, 2.45) is 5.92 Å². The van der Waals surface area contributed by atoms with Gasteiger partial charge in [0.05, 0.1) is 11.3 Å². The standard InChI is InChI=1S/C14H12F3NO2S/c1-6(2)3-10-12(14(19)20)21-13(18-10)11-8(16)4-7(15)5-9(11)17/h4-6H,3H2,1-2H3,(H,19,20). The van der Waals surface area contributed by atoms with Crippen molar-refractivity contribution >= 4 is 17.3 Å². The summed E-state index contributed by atoms with van der Waals surface area (Å²) in [4.78, 5) is 15.2. The number of thiazole rings is 1. The Balaban J connectivity index is 2.58. The largest absolute Gasteiger partial charge is 0.477 e. The summed E-state index contributed by atoms with van der Waals surface area (Å²) < 4.78 is 40.4. The second-order valence-electron chi connectivity index (χ2n) is 4.94. The number of hydrogen-bond acceptors (Lipinski definition) is 3. The summed E-state index contributed by atoms with van der Waals surface area (Å²) in [7, 11) is 0. The van der Waals surface area contributed by atoms with Crippen molar-refractivity contribution in [3.05, 3.63) is 40.2 Å².